The van der Waals surface area contributed by atoms with E-state index in [1.54, 1.807) is 20.8 Å². The largest absolute Gasteiger partial charge is 0.462 e. The quantitative estimate of drug-likeness (QED) is 0.492. The molecule has 0 saturated heterocycles. The van der Waals surface area contributed by atoms with Crippen LogP contribution in [0.5, 0.6) is 0 Å². The molecule has 0 amide bonds. The number of ketones is 1. The van der Waals surface area contributed by atoms with Crippen LogP contribution < -0.4 is 0 Å². The number of H-pyrrole nitrogens is 1. The fourth-order valence-corrected chi connectivity index (χ4v) is 3.16. The number of hydrogen-bond acceptors (Lipinski definition) is 4. The number of nitrogens with one attached hydrogen (secondary N) is 1. The van der Waals surface area contributed by atoms with Crippen molar-refractivity contribution in [1.82, 2.24) is 4.98 Å². The molecule has 0 spiro atoms. The summed E-state index contributed by atoms with van der Waals surface area (Å²) in [5.41, 5.74) is 3.48. The van der Waals surface area contributed by atoms with E-state index in [0.29, 0.717) is 34.9 Å². The van der Waals surface area contributed by atoms with E-state index in [9.17, 15) is 9.59 Å². The molecular formula is C18H21NO3S. The Hall–Kier alpha value is -2.01. The first-order valence-corrected chi connectivity index (χ1v) is 8.51. The van der Waals surface area contributed by atoms with E-state index in [2.05, 4.69) is 4.98 Å². The Morgan fingerprint density at radius 3 is 2.39 bits per heavy atom. The standard InChI is InChI=1S/C18H21NO3S/c1-5-22-18(21)16-12(3)17(19-13(16)4)15(20)10-23-14-8-6-11(2)7-9-14/h6-9,19H,5,10H2,1-4H3. The van der Waals surface area contributed by atoms with E-state index < -0.39 is 0 Å². The number of hydrogen-bond donors (Lipinski definition) is 1. The molecule has 0 fully saturated rings. The lowest BCUT2D eigenvalue weighted by Gasteiger charge is -2.03. The van der Waals surface area contributed by atoms with Gasteiger partial charge in [-0.25, -0.2) is 4.79 Å². The fraction of sp³-hybridized carbons (Fsp3) is 0.333. The van der Waals surface area contributed by atoms with Crippen LogP contribution in [0.1, 0.15) is 44.6 Å². The maximum Gasteiger partial charge on any atom is 0.340 e. The van der Waals surface area contributed by atoms with Crippen molar-refractivity contribution in [3.05, 3.63) is 52.3 Å². The van der Waals surface area contributed by atoms with Crippen molar-refractivity contribution < 1.29 is 14.3 Å². The highest BCUT2D eigenvalue weighted by Gasteiger charge is 2.22. The van der Waals surface area contributed by atoms with Crippen LogP contribution in [-0.4, -0.2) is 29.1 Å². The molecule has 1 aromatic carbocycles. The highest BCUT2D eigenvalue weighted by atomic mass is 32.2. The third kappa shape index (κ3) is 4.05. The van der Waals surface area contributed by atoms with Crippen molar-refractivity contribution in [3.8, 4) is 0 Å². The third-order valence-electron chi connectivity index (χ3n) is 3.59. The van der Waals surface area contributed by atoms with Crippen molar-refractivity contribution in [2.45, 2.75) is 32.6 Å². The van der Waals surface area contributed by atoms with Gasteiger partial charge >= 0.3 is 5.97 Å². The number of aryl methyl sites for hydroxylation is 2. The zero-order valence-electron chi connectivity index (χ0n) is 13.9. The van der Waals surface area contributed by atoms with Crippen molar-refractivity contribution in [2.75, 3.05) is 12.4 Å². The van der Waals surface area contributed by atoms with Crippen LogP contribution in [0.25, 0.3) is 0 Å². The second-order valence-corrected chi connectivity index (χ2v) is 6.42. The van der Waals surface area contributed by atoms with Crippen molar-refractivity contribution >= 4 is 23.5 Å². The zero-order chi connectivity index (χ0) is 17.0. The molecule has 122 valence electrons. The van der Waals surface area contributed by atoms with Gasteiger partial charge in [-0.05, 0) is 45.4 Å². The molecule has 5 heteroatoms. The summed E-state index contributed by atoms with van der Waals surface area (Å²) in [6, 6.07) is 8.06. The van der Waals surface area contributed by atoms with Gasteiger partial charge in [0.25, 0.3) is 0 Å². The van der Waals surface area contributed by atoms with Crippen LogP contribution in [0.3, 0.4) is 0 Å². The average molecular weight is 331 g/mol. The third-order valence-corrected chi connectivity index (χ3v) is 4.60. The summed E-state index contributed by atoms with van der Waals surface area (Å²) in [6.45, 7) is 7.67. The van der Waals surface area contributed by atoms with Crippen molar-refractivity contribution in [1.29, 1.82) is 0 Å². The minimum atomic E-state index is -0.385. The molecule has 2 rings (SSSR count). The molecule has 4 nitrogen and oxygen atoms in total. The van der Waals surface area contributed by atoms with Crippen LogP contribution >= 0.6 is 11.8 Å². The first-order valence-electron chi connectivity index (χ1n) is 7.53. The van der Waals surface area contributed by atoms with E-state index in [1.165, 1.54) is 17.3 Å². The number of ether oxygens (including phenoxy) is 1. The Kier molecular flexibility index (Phi) is 5.66. The molecule has 0 atom stereocenters. The number of esters is 1. The van der Waals surface area contributed by atoms with Crippen LogP contribution in [-0.2, 0) is 4.74 Å². The van der Waals surface area contributed by atoms with Gasteiger partial charge < -0.3 is 9.72 Å². The van der Waals surface area contributed by atoms with Crippen LogP contribution in [0.2, 0.25) is 0 Å². The number of aromatic amines is 1. The Morgan fingerprint density at radius 2 is 1.78 bits per heavy atom. The molecule has 1 heterocycles. The van der Waals surface area contributed by atoms with Crippen LogP contribution in [0, 0.1) is 20.8 Å². The predicted octanol–water partition coefficient (Wildman–Crippen LogP) is 4.09. The minimum absolute atomic E-state index is 0.0216. The molecule has 0 aliphatic carbocycles. The molecule has 0 unspecified atom stereocenters. The number of carbonyl (C=O) groups excluding carboxylic acids is 2. The monoisotopic (exact) mass is 331 g/mol. The normalized spacial score (nSPS) is 10.6. The summed E-state index contributed by atoms with van der Waals surface area (Å²) in [5.74, 6) is -0.0812. The topological polar surface area (TPSA) is 59.2 Å². The summed E-state index contributed by atoms with van der Waals surface area (Å²) >= 11 is 1.49. The Bertz CT molecular complexity index is 717. The van der Waals surface area contributed by atoms with Crippen molar-refractivity contribution in [3.63, 3.8) is 0 Å². The van der Waals surface area contributed by atoms with Gasteiger partial charge in [-0.3, -0.25) is 4.79 Å². The molecule has 0 aliphatic rings. The Balaban J connectivity index is 2.12. The van der Waals surface area contributed by atoms with E-state index >= 15 is 0 Å². The second-order valence-electron chi connectivity index (χ2n) is 5.37. The number of rotatable bonds is 6. The van der Waals surface area contributed by atoms with Crippen LogP contribution in [0.15, 0.2) is 29.2 Å². The Morgan fingerprint density at radius 1 is 1.13 bits per heavy atom. The van der Waals surface area contributed by atoms with E-state index in [1.807, 2.05) is 31.2 Å². The van der Waals surface area contributed by atoms with Gasteiger partial charge in [0.2, 0.25) is 0 Å². The van der Waals surface area contributed by atoms with Gasteiger partial charge in [0.05, 0.1) is 23.6 Å². The zero-order valence-corrected chi connectivity index (χ0v) is 14.7. The summed E-state index contributed by atoms with van der Waals surface area (Å²) in [5, 5.41) is 0. The summed E-state index contributed by atoms with van der Waals surface area (Å²) in [4.78, 5) is 28.5. The average Bonchev–Trinajstić information content (AvgIpc) is 2.81. The number of thioether (sulfide) groups is 1. The maximum absolute atomic E-state index is 12.4. The molecule has 0 saturated carbocycles. The molecule has 1 aromatic heterocycles. The van der Waals surface area contributed by atoms with Gasteiger partial charge in [0, 0.05) is 10.6 Å². The summed E-state index contributed by atoms with van der Waals surface area (Å²) < 4.78 is 5.05. The molecular weight excluding hydrogens is 310 g/mol. The van der Waals surface area contributed by atoms with Crippen LogP contribution in [0.4, 0.5) is 0 Å². The number of benzene rings is 1. The highest BCUT2D eigenvalue weighted by Crippen LogP contribution is 2.23. The lowest BCUT2D eigenvalue weighted by molar-refractivity contribution is 0.0525. The second kappa shape index (κ2) is 7.51. The number of carbonyl (C=O) groups is 2. The summed E-state index contributed by atoms with van der Waals surface area (Å²) in [7, 11) is 0. The molecule has 2 aromatic rings. The molecule has 23 heavy (non-hydrogen) atoms. The minimum Gasteiger partial charge on any atom is -0.462 e. The van der Waals surface area contributed by atoms with Crippen molar-refractivity contribution in [2.24, 2.45) is 0 Å². The molecule has 0 bridgehead atoms. The molecule has 0 radical (unpaired) electrons. The SMILES string of the molecule is CCOC(=O)c1c(C)[nH]c(C(=O)CSc2ccc(C)cc2)c1C. The van der Waals surface area contributed by atoms with Gasteiger partial charge in [0.15, 0.2) is 5.78 Å². The lowest BCUT2D eigenvalue weighted by Crippen LogP contribution is -2.08. The van der Waals surface area contributed by atoms with E-state index in [-0.39, 0.29) is 11.8 Å². The Labute approximate surface area is 140 Å². The van der Waals surface area contributed by atoms with Gasteiger partial charge in [-0.1, -0.05) is 17.7 Å². The predicted molar refractivity (Wildman–Crippen MR) is 92.5 cm³/mol. The number of Topliss-reactive ketones (excluding diaryl/α,β-unsaturated/α-hetero) is 1. The summed E-state index contributed by atoms with van der Waals surface area (Å²) in [6.07, 6.45) is 0. The lowest BCUT2D eigenvalue weighted by atomic mass is 10.1. The number of aromatic nitrogens is 1. The maximum atomic E-state index is 12.4. The van der Waals surface area contributed by atoms with Gasteiger partial charge in [-0.2, -0.15) is 0 Å². The fourth-order valence-electron chi connectivity index (χ4n) is 2.39. The molecule has 1 N–H and O–H groups in total. The van der Waals surface area contributed by atoms with Gasteiger partial charge in [-0.15, -0.1) is 11.8 Å². The molecule has 0 aliphatic heterocycles. The first-order chi connectivity index (χ1) is 10.9. The highest BCUT2D eigenvalue weighted by molar-refractivity contribution is 8.00. The van der Waals surface area contributed by atoms with E-state index in [4.69, 9.17) is 4.74 Å². The first kappa shape index (κ1) is 17.3. The smallest absolute Gasteiger partial charge is 0.340 e. The van der Waals surface area contributed by atoms with E-state index in [0.717, 1.165) is 4.90 Å². The van der Waals surface area contributed by atoms with Gasteiger partial charge in [0.1, 0.15) is 0 Å².